The molecular weight excluding hydrogens is 314 g/mol. The van der Waals surface area contributed by atoms with E-state index in [9.17, 15) is 9.59 Å². The summed E-state index contributed by atoms with van der Waals surface area (Å²) in [6, 6.07) is 9.94. The number of benzene rings is 1. The van der Waals surface area contributed by atoms with Crippen LogP contribution in [0.5, 0.6) is 0 Å². The van der Waals surface area contributed by atoms with Gasteiger partial charge in [0.2, 0.25) is 0 Å². The van der Waals surface area contributed by atoms with Gasteiger partial charge in [0.25, 0.3) is 5.91 Å². The summed E-state index contributed by atoms with van der Waals surface area (Å²) >= 11 is 1.38. The maximum absolute atomic E-state index is 12.8. The van der Waals surface area contributed by atoms with Crippen LogP contribution in [-0.4, -0.2) is 47.7 Å². The molecule has 1 saturated heterocycles. The number of carbonyl (C=O) groups excluding carboxylic acids is 1. The van der Waals surface area contributed by atoms with Gasteiger partial charge in [0.1, 0.15) is 0 Å². The number of hydrogen-bond donors (Lipinski definition) is 1. The Balaban J connectivity index is 1.85. The van der Waals surface area contributed by atoms with E-state index < -0.39 is 12.1 Å². The molecule has 2 aromatic rings. The third-order valence-corrected chi connectivity index (χ3v) is 4.75. The van der Waals surface area contributed by atoms with Gasteiger partial charge in [0.15, 0.2) is 6.10 Å². The van der Waals surface area contributed by atoms with Crippen LogP contribution in [0.25, 0.3) is 11.1 Å². The third-order valence-electron chi connectivity index (χ3n) is 3.85. The number of amides is 1. The van der Waals surface area contributed by atoms with Crippen molar-refractivity contribution in [3.8, 4) is 11.1 Å². The van der Waals surface area contributed by atoms with Gasteiger partial charge in [-0.25, -0.2) is 4.79 Å². The normalized spacial score (nSPS) is 18.0. The van der Waals surface area contributed by atoms with Crippen LogP contribution < -0.4 is 0 Å². The van der Waals surface area contributed by atoms with Crippen molar-refractivity contribution >= 4 is 23.2 Å². The van der Waals surface area contributed by atoms with Gasteiger partial charge < -0.3 is 14.7 Å². The van der Waals surface area contributed by atoms with E-state index in [-0.39, 0.29) is 19.1 Å². The smallest absolute Gasteiger partial charge is 0.334 e. The molecule has 0 radical (unpaired) electrons. The zero-order valence-corrected chi connectivity index (χ0v) is 13.5. The number of nitrogens with zero attached hydrogens (tertiary/aromatic N) is 1. The summed E-state index contributed by atoms with van der Waals surface area (Å²) in [6.45, 7) is 2.75. The van der Waals surface area contributed by atoms with Crippen molar-refractivity contribution in [1.82, 2.24) is 4.90 Å². The van der Waals surface area contributed by atoms with E-state index in [4.69, 9.17) is 9.84 Å². The van der Waals surface area contributed by atoms with Gasteiger partial charge in [0, 0.05) is 12.1 Å². The number of hydrogen-bond acceptors (Lipinski definition) is 4. The van der Waals surface area contributed by atoms with Gasteiger partial charge >= 0.3 is 5.97 Å². The number of ether oxygens (including phenoxy) is 1. The number of carboxylic acid groups (broad SMARTS) is 1. The fraction of sp³-hybridized carbons (Fsp3) is 0.294. The summed E-state index contributed by atoms with van der Waals surface area (Å²) in [6.07, 6.45) is -0.949. The Labute approximate surface area is 138 Å². The molecule has 1 N–H and O–H groups in total. The predicted molar refractivity (Wildman–Crippen MR) is 87.8 cm³/mol. The summed E-state index contributed by atoms with van der Waals surface area (Å²) in [5.74, 6) is -1.17. The zero-order valence-electron chi connectivity index (χ0n) is 12.7. The second kappa shape index (κ2) is 6.52. The maximum Gasteiger partial charge on any atom is 0.334 e. The van der Waals surface area contributed by atoms with Gasteiger partial charge in [0.05, 0.1) is 18.0 Å². The third kappa shape index (κ3) is 3.28. The van der Waals surface area contributed by atoms with Crippen LogP contribution in [0.4, 0.5) is 0 Å². The van der Waals surface area contributed by atoms with Crippen LogP contribution in [0.3, 0.4) is 0 Å². The lowest BCUT2D eigenvalue weighted by molar-refractivity contribution is -0.154. The first kappa shape index (κ1) is 15.7. The van der Waals surface area contributed by atoms with Gasteiger partial charge in [-0.3, -0.25) is 4.79 Å². The minimum atomic E-state index is -1.03. The molecule has 1 aliphatic rings. The van der Waals surface area contributed by atoms with Crippen molar-refractivity contribution in [1.29, 1.82) is 0 Å². The van der Waals surface area contributed by atoms with Crippen molar-refractivity contribution in [2.24, 2.45) is 0 Å². The number of thiophene rings is 1. The highest BCUT2D eigenvalue weighted by molar-refractivity contribution is 7.12. The van der Waals surface area contributed by atoms with E-state index in [1.54, 1.807) is 4.90 Å². The fourth-order valence-corrected chi connectivity index (χ4v) is 3.45. The average molecular weight is 331 g/mol. The van der Waals surface area contributed by atoms with Crippen LogP contribution >= 0.6 is 11.3 Å². The van der Waals surface area contributed by atoms with Crippen molar-refractivity contribution < 1.29 is 19.4 Å². The van der Waals surface area contributed by atoms with E-state index in [1.165, 1.54) is 11.3 Å². The Morgan fingerprint density at radius 3 is 2.70 bits per heavy atom. The predicted octanol–water partition coefficient (Wildman–Crippen LogP) is 2.65. The molecule has 6 heteroatoms. The Bertz CT molecular complexity index is 722. The van der Waals surface area contributed by atoms with E-state index in [0.29, 0.717) is 11.4 Å². The summed E-state index contributed by atoms with van der Waals surface area (Å²) in [5, 5.41) is 11.0. The van der Waals surface area contributed by atoms with Gasteiger partial charge in [-0.15, -0.1) is 11.3 Å². The Hall–Kier alpha value is -2.18. The van der Waals surface area contributed by atoms with Crippen molar-refractivity contribution in [3.63, 3.8) is 0 Å². The topological polar surface area (TPSA) is 66.8 Å². The van der Waals surface area contributed by atoms with Crippen molar-refractivity contribution in [3.05, 3.63) is 46.2 Å². The maximum atomic E-state index is 12.8. The van der Waals surface area contributed by atoms with E-state index in [0.717, 1.165) is 16.7 Å². The number of carbonyl (C=O) groups is 2. The second-order valence-corrected chi connectivity index (χ2v) is 6.39. The highest BCUT2D eigenvalue weighted by Crippen LogP contribution is 2.30. The Kier molecular flexibility index (Phi) is 4.45. The number of aryl methyl sites for hydroxylation is 1. The molecule has 120 valence electrons. The lowest BCUT2D eigenvalue weighted by Gasteiger charge is -2.30. The highest BCUT2D eigenvalue weighted by Gasteiger charge is 2.30. The lowest BCUT2D eigenvalue weighted by atomic mass is 10.0. The van der Waals surface area contributed by atoms with E-state index in [2.05, 4.69) is 0 Å². The van der Waals surface area contributed by atoms with Crippen LogP contribution in [0.15, 0.2) is 35.7 Å². The molecule has 0 saturated carbocycles. The molecule has 1 fully saturated rings. The molecule has 23 heavy (non-hydrogen) atoms. The lowest BCUT2D eigenvalue weighted by Crippen LogP contribution is -2.48. The fourth-order valence-electron chi connectivity index (χ4n) is 2.56. The Morgan fingerprint density at radius 1 is 1.26 bits per heavy atom. The van der Waals surface area contributed by atoms with Crippen molar-refractivity contribution in [2.75, 3.05) is 19.7 Å². The molecule has 1 amide bonds. The minimum Gasteiger partial charge on any atom is -0.479 e. The van der Waals surface area contributed by atoms with Gasteiger partial charge in [-0.2, -0.15) is 0 Å². The van der Waals surface area contributed by atoms with Crippen molar-refractivity contribution in [2.45, 2.75) is 13.0 Å². The largest absolute Gasteiger partial charge is 0.479 e. The Morgan fingerprint density at radius 2 is 2.00 bits per heavy atom. The van der Waals surface area contributed by atoms with Crippen LogP contribution in [0.2, 0.25) is 0 Å². The quantitative estimate of drug-likeness (QED) is 0.939. The molecule has 0 spiro atoms. The molecule has 1 aliphatic heterocycles. The summed E-state index contributed by atoms with van der Waals surface area (Å²) in [4.78, 5) is 26.0. The number of morpholine rings is 1. The first-order valence-corrected chi connectivity index (χ1v) is 8.22. The van der Waals surface area contributed by atoms with Crippen LogP contribution in [0.1, 0.15) is 15.2 Å². The highest BCUT2D eigenvalue weighted by atomic mass is 32.1. The summed E-state index contributed by atoms with van der Waals surface area (Å²) < 4.78 is 5.18. The first-order valence-electron chi connectivity index (χ1n) is 7.34. The molecule has 0 bridgehead atoms. The minimum absolute atomic E-state index is 0.0827. The van der Waals surface area contributed by atoms with Gasteiger partial charge in [-0.05, 0) is 23.9 Å². The molecule has 0 unspecified atom stereocenters. The monoisotopic (exact) mass is 331 g/mol. The molecule has 1 aromatic carbocycles. The molecular formula is C17H17NO4S. The molecule has 1 aromatic heterocycles. The van der Waals surface area contributed by atoms with Gasteiger partial charge in [-0.1, -0.05) is 29.8 Å². The zero-order chi connectivity index (χ0) is 16.4. The number of rotatable bonds is 3. The van der Waals surface area contributed by atoms with Crippen LogP contribution in [0, 0.1) is 6.92 Å². The number of carboxylic acids is 1. The molecule has 1 atom stereocenters. The van der Waals surface area contributed by atoms with E-state index in [1.807, 2.05) is 42.6 Å². The summed E-state index contributed by atoms with van der Waals surface area (Å²) in [5.41, 5.74) is 3.04. The first-order chi connectivity index (χ1) is 11.1. The SMILES string of the molecule is Cc1ccc(-c2ccsc2C(=O)N2CCO[C@H](C(=O)O)C2)cc1. The number of aliphatic carboxylic acids is 1. The average Bonchev–Trinajstić information content (AvgIpc) is 3.04. The van der Waals surface area contributed by atoms with E-state index >= 15 is 0 Å². The molecule has 5 nitrogen and oxygen atoms in total. The standard InChI is InChI=1S/C17H17NO4S/c1-11-2-4-12(5-3-11)13-6-9-23-15(13)16(19)18-7-8-22-14(10-18)17(20)21/h2-6,9,14H,7-8,10H2,1H3,(H,20,21)/t14-/m0/s1. The second-order valence-electron chi connectivity index (χ2n) is 5.48. The summed E-state index contributed by atoms with van der Waals surface area (Å²) in [7, 11) is 0. The molecule has 2 heterocycles. The van der Waals surface area contributed by atoms with Crippen LogP contribution in [-0.2, 0) is 9.53 Å². The molecule has 0 aliphatic carbocycles. The molecule has 3 rings (SSSR count).